The van der Waals surface area contributed by atoms with Crippen LogP contribution in [0.2, 0.25) is 0 Å². The molecule has 1 aliphatic rings. The SMILES string of the molecule is Cc1ccc(OCC2CCCCN2)c(C#N)c1. The van der Waals surface area contributed by atoms with E-state index in [1.807, 2.05) is 25.1 Å². The summed E-state index contributed by atoms with van der Waals surface area (Å²) >= 11 is 0. The quantitative estimate of drug-likeness (QED) is 0.867. The fourth-order valence-corrected chi connectivity index (χ4v) is 2.11. The lowest BCUT2D eigenvalue weighted by molar-refractivity contribution is 0.238. The Balaban J connectivity index is 1.96. The van der Waals surface area contributed by atoms with Crippen LogP contribution < -0.4 is 10.1 Å². The Kier molecular flexibility index (Phi) is 4.00. The third-order valence-electron chi connectivity index (χ3n) is 3.11. The smallest absolute Gasteiger partial charge is 0.137 e. The van der Waals surface area contributed by atoms with E-state index in [1.54, 1.807) is 0 Å². The Bertz CT molecular complexity index is 417. The number of piperidine rings is 1. The molecule has 0 aliphatic carbocycles. The highest BCUT2D eigenvalue weighted by Gasteiger charge is 2.13. The lowest BCUT2D eigenvalue weighted by Crippen LogP contribution is -2.38. The molecule has 1 aromatic carbocycles. The van der Waals surface area contributed by atoms with Crippen molar-refractivity contribution in [1.82, 2.24) is 5.32 Å². The maximum Gasteiger partial charge on any atom is 0.137 e. The number of nitrogens with zero attached hydrogens (tertiary/aromatic N) is 1. The molecule has 1 atom stereocenters. The van der Waals surface area contributed by atoms with Crippen molar-refractivity contribution in [3.05, 3.63) is 29.3 Å². The lowest BCUT2D eigenvalue weighted by atomic mass is 10.1. The maximum atomic E-state index is 9.03. The maximum absolute atomic E-state index is 9.03. The van der Waals surface area contributed by atoms with Crippen LogP contribution in [-0.2, 0) is 0 Å². The zero-order valence-electron chi connectivity index (χ0n) is 10.2. The van der Waals surface area contributed by atoms with Crippen LogP contribution in [0.15, 0.2) is 18.2 Å². The summed E-state index contributed by atoms with van der Waals surface area (Å²) in [7, 11) is 0. The molecule has 3 nitrogen and oxygen atoms in total. The Morgan fingerprint density at radius 2 is 2.35 bits per heavy atom. The van der Waals surface area contributed by atoms with E-state index in [1.165, 1.54) is 12.8 Å². The van der Waals surface area contributed by atoms with Crippen LogP contribution in [0.5, 0.6) is 5.75 Å². The summed E-state index contributed by atoms with van der Waals surface area (Å²) in [4.78, 5) is 0. The van der Waals surface area contributed by atoms with Gasteiger partial charge in [-0.3, -0.25) is 0 Å². The van der Waals surface area contributed by atoms with Gasteiger partial charge >= 0.3 is 0 Å². The van der Waals surface area contributed by atoms with Gasteiger partial charge in [0, 0.05) is 6.04 Å². The van der Waals surface area contributed by atoms with Gasteiger partial charge in [0.15, 0.2) is 0 Å². The minimum Gasteiger partial charge on any atom is -0.491 e. The molecule has 3 heteroatoms. The van der Waals surface area contributed by atoms with E-state index in [-0.39, 0.29) is 0 Å². The summed E-state index contributed by atoms with van der Waals surface area (Å²) in [5.74, 6) is 0.700. The van der Waals surface area contributed by atoms with Crippen molar-refractivity contribution >= 4 is 0 Å². The highest BCUT2D eigenvalue weighted by molar-refractivity contribution is 5.45. The number of rotatable bonds is 3. The molecule has 1 unspecified atom stereocenters. The van der Waals surface area contributed by atoms with Gasteiger partial charge in [0.25, 0.3) is 0 Å². The number of nitrogens with one attached hydrogen (secondary N) is 1. The standard InChI is InChI=1S/C14H18N2O/c1-11-5-6-14(12(8-11)9-15)17-10-13-4-2-3-7-16-13/h5-6,8,13,16H,2-4,7,10H2,1H3. The van der Waals surface area contributed by atoms with Crippen LogP contribution in [0.25, 0.3) is 0 Å². The van der Waals surface area contributed by atoms with Crippen LogP contribution >= 0.6 is 0 Å². The second-order valence-corrected chi connectivity index (χ2v) is 4.57. The van der Waals surface area contributed by atoms with Gasteiger partial charge in [-0.25, -0.2) is 0 Å². The summed E-state index contributed by atoms with van der Waals surface area (Å²) in [5, 5.41) is 12.5. The van der Waals surface area contributed by atoms with Gasteiger partial charge in [0.05, 0.1) is 5.56 Å². The van der Waals surface area contributed by atoms with E-state index in [9.17, 15) is 0 Å². The van der Waals surface area contributed by atoms with Crippen molar-refractivity contribution in [2.75, 3.05) is 13.2 Å². The number of nitriles is 1. The van der Waals surface area contributed by atoms with Gasteiger partial charge in [-0.1, -0.05) is 12.5 Å². The van der Waals surface area contributed by atoms with Crippen molar-refractivity contribution < 1.29 is 4.74 Å². The molecule has 1 saturated heterocycles. The molecule has 0 saturated carbocycles. The van der Waals surface area contributed by atoms with Gasteiger partial charge < -0.3 is 10.1 Å². The summed E-state index contributed by atoms with van der Waals surface area (Å²) in [5.41, 5.74) is 1.71. The van der Waals surface area contributed by atoms with Crippen LogP contribution in [0, 0.1) is 18.3 Å². The summed E-state index contributed by atoms with van der Waals surface area (Å²) in [6.45, 7) is 3.71. The first-order valence-electron chi connectivity index (χ1n) is 6.16. The third-order valence-corrected chi connectivity index (χ3v) is 3.11. The molecule has 1 N–H and O–H groups in total. The fraction of sp³-hybridized carbons (Fsp3) is 0.500. The molecule has 0 bridgehead atoms. The van der Waals surface area contributed by atoms with Crippen molar-refractivity contribution in [2.24, 2.45) is 0 Å². The Hall–Kier alpha value is -1.53. The largest absolute Gasteiger partial charge is 0.491 e. The molecule has 0 radical (unpaired) electrons. The average molecular weight is 230 g/mol. The normalized spacial score (nSPS) is 19.6. The number of ether oxygens (including phenoxy) is 1. The molecule has 1 aromatic rings. The number of benzene rings is 1. The Labute approximate surface area is 102 Å². The van der Waals surface area contributed by atoms with E-state index in [2.05, 4.69) is 11.4 Å². The monoisotopic (exact) mass is 230 g/mol. The molecule has 1 aliphatic heterocycles. The van der Waals surface area contributed by atoms with E-state index >= 15 is 0 Å². The summed E-state index contributed by atoms with van der Waals surface area (Å²) < 4.78 is 5.74. The fourth-order valence-electron chi connectivity index (χ4n) is 2.11. The lowest BCUT2D eigenvalue weighted by Gasteiger charge is -2.23. The topological polar surface area (TPSA) is 45.0 Å². The molecular weight excluding hydrogens is 212 g/mol. The molecule has 1 heterocycles. The van der Waals surface area contributed by atoms with Crippen molar-refractivity contribution in [3.8, 4) is 11.8 Å². The first-order chi connectivity index (χ1) is 8.29. The minimum absolute atomic E-state index is 0.427. The third kappa shape index (κ3) is 3.21. The predicted molar refractivity (Wildman–Crippen MR) is 67.0 cm³/mol. The molecular formula is C14H18N2O. The van der Waals surface area contributed by atoms with Crippen molar-refractivity contribution in [3.63, 3.8) is 0 Å². The number of aryl methyl sites for hydroxylation is 1. The Morgan fingerprint density at radius 1 is 1.47 bits per heavy atom. The molecule has 17 heavy (non-hydrogen) atoms. The van der Waals surface area contributed by atoms with E-state index in [4.69, 9.17) is 10.00 Å². The average Bonchev–Trinajstić information content (AvgIpc) is 2.38. The second kappa shape index (κ2) is 5.70. The van der Waals surface area contributed by atoms with Crippen LogP contribution in [-0.4, -0.2) is 19.2 Å². The molecule has 2 rings (SSSR count). The van der Waals surface area contributed by atoms with Gasteiger partial charge in [-0.05, 0) is 44.0 Å². The highest BCUT2D eigenvalue weighted by Crippen LogP contribution is 2.19. The number of hydrogen-bond donors (Lipinski definition) is 1. The molecule has 90 valence electrons. The second-order valence-electron chi connectivity index (χ2n) is 4.57. The van der Waals surface area contributed by atoms with Gasteiger partial charge in [-0.2, -0.15) is 5.26 Å². The summed E-state index contributed by atoms with van der Waals surface area (Å²) in [6, 6.07) is 8.33. The van der Waals surface area contributed by atoms with E-state index in [0.29, 0.717) is 24.0 Å². The van der Waals surface area contributed by atoms with Gasteiger partial charge in [0.1, 0.15) is 18.4 Å². The molecule has 0 amide bonds. The molecule has 0 aromatic heterocycles. The van der Waals surface area contributed by atoms with Crippen LogP contribution in [0.3, 0.4) is 0 Å². The van der Waals surface area contributed by atoms with Gasteiger partial charge in [-0.15, -0.1) is 0 Å². The predicted octanol–water partition coefficient (Wildman–Crippen LogP) is 2.39. The van der Waals surface area contributed by atoms with Gasteiger partial charge in [0.2, 0.25) is 0 Å². The zero-order chi connectivity index (χ0) is 12.1. The highest BCUT2D eigenvalue weighted by atomic mass is 16.5. The van der Waals surface area contributed by atoms with Crippen LogP contribution in [0.4, 0.5) is 0 Å². The molecule has 1 fully saturated rings. The number of hydrogen-bond acceptors (Lipinski definition) is 3. The van der Waals surface area contributed by atoms with Crippen molar-refractivity contribution in [1.29, 1.82) is 5.26 Å². The summed E-state index contributed by atoms with van der Waals surface area (Å²) in [6.07, 6.45) is 3.68. The van der Waals surface area contributed by atoms with Crippen molar-refractivity contribution in [2.45, 2.75) is 32.2 Å². The van der Waals surface area contributed by atoms with Crippen LogP contribution in [0.1, 0.15) is 30.4 Å². The molecule has 0 spiro atoms. The first-order valence-corrected chi connectivity index (χ1v) is 6.16. The zero-order valence-corrected chi connectivity index (χ0v) is 10.2. The first kappa shape index (κ1) is 11.9. The minimum atomic E-state index is 0.427. The Morgan fingerprint density at radius 3 is 3.06 bits per heavy atom. The van der Waals surface area contributed by atoms with E-state index < -0.39 is 0 Å². The van der Waals surface area contributed by atoms with E-state index in [0.717, 1.165) is 18.5 Å².